The van der Waals surface area contributed by atoms with Crippen molar-refractivity contribution in [3.8, 4) is 11.1 Å². The Bertz CT molecular complexity index is 1100. The molecule has 2 amide bonds. The SMILES string of the molecule is O=C(NC1C=CC(C(=O)NC2CCC(C(=O)O)C2)C1)OCC1c2ccccc2-c2ccccc21. The maximum atomic E-state index is 12.6. The molecule has 0 saturated heterocycles. The van der Waals surface area contributed by atoms with Crippen LogP contribution < -0.4 is 10.6 Å². The summed E-state index contributed by atoms with van der Waals surface area (Å²) in [6, 6.07) is 16.0. The number of hydrogen-bond donors (Lipinski definition) is 3. The van der Waals surface area contributed by atoms with Gasteiger partial charge in [0.25, 0.3) is 0 Å². The van der Waals surface area contributed by atoms with Crippen molar-refractivity contribution in [1.82, 2.24) is 10.6 Å². The average Bonchev–Trinajstić information content (AvgIpc) is 3.56. The highest BCUT2D eigenvalue weighted by atomic mass is 16.5. The summed E-state index contributed by atoms with van der Waals surface area (Å²) in [5.74, 6) is -1.65. The predicted molar refractivity (Wildman–Crippen MR) is 126 cm³/mol. The summed E-state index contributed by atoms with van der Waals surface area (Å²) in [5.41, 5.74) is 4.67. The van der Waals surface area contributed by atoms with Gasteiger partial charge in [0.05, 0.1) is 17.9 Å². The summed E-state index contributed by atoms with van der Waals surface area (Å²) in [7, 11) is 0. The zero-order chi connectivity index (χ0) is 23.7. The van der Waals surface area contributed by atoms with Crippen LogP contribution >= 0.6 is 0 Å². The minimum atomic E-state index is -0.801. The number of ether oxygens (including phenoxy) is 1. The minimum Gasteiger partial charge on any atom is -0.481 e. The molecule has 0 aliphatic heterocycles. The second-order valence-corrected chi connectivity index (χ2v) is 9.36. The van der Waals surface area contributed by atoms with Gasteiger partial charge < -0.3 is 20.5 Å². The van der Waals surface area contributed by atoms with Crippen molar-refractivity contribution in [1.29, 1.82) is 0 Å². The van der Waals surface area contributed by atoms with Crippen LogP contribution in [0.25, 0.3) is 11.1 Å². The molecule has 0 aromatic heterocycles. The normalized spacial score (nSPS) is 24.9. The van der Waals surface area contributed by atoms with Crippen molar-refractivity contribution in [2.75, 3.05) is 6.61 Å². The van der Waals surface area contributed by atoms with Crippen LogP contribution in [0.3, 0.4) is 0 Å². The van der Waals surface area contributed by atoms with Crippen molar-refractivity contribution < 1.29 is 24.2 Å². The molecule has 0 spiro atoms. The number of carboxylic acid groups (broad SMARTS) is 1. The van der Waals surface area contributed by atoms with E-state index < -0.39 is 12.1 Å². The van der Waals surface area contributed by atoms with E-state index in [1.807, 2.05) is 30.3 Å². The zero-order valence-corrected chi connectivity index (χ0v) is 18.8. The number of fused-ring (bicyclic) bond motifs is 3. The number of rotatable bonds is 6. The van der Waals surface area contributed by atoms with E-state index in [2.05, 4.69) is 34.9 Å². The number of aliphatic carboxylic acids is 1. The first kappa shape index (κ1) is 22.2. The molecule has 0 heterocycles. The third kappa shape index (κ3) is 4.42. The fourth-order valence-electron chi connectivity index (χ4n) is 5.44. The van der Waals surface area contributed by atoms with Gasteiger partial charge in [0.15, 0.2) is 0 Å². The largest absolute Gasteiger partial charge is 0.481 e. The average molecular weight is 461 g/mol. The van der Waals surface area contributed by atoms with Gasteiger partial charge >= 0.3 is 12.1 Å². The molecule has 7 heteroatoms. The lowest BCUT2D eigenvalue weighted by atomic mass is 9.98. The molecule has 0 radical (unpaired) electrons. The molecule has 1 fully saturated rings. The Morgan fingerprint density at radius 3 is 2.21 bits per heavy atom. The third-order valence-corrected chi connectivity index (χ3v) is 7.20. The number of amides is 2. The van der Waals surface area contributed by atoms with Crippen LogP contribution in [0.4, 0.5) is 4.79 Å². The third-order valence-electron chi connectivity index (χ3n) is 7.20. The molecule has 2 aromatic rings. The summed E-state index contributed by atoms with van der Waals surface area (Å²) >= 11 is 0. The Labute approximate surface area is 198 Å². The number of carboxylic acids is 1. The fraction of sp³-hybridized carbons (Fsp3) is 0.370. The van der Waals surface area contributed by atoms with Crippen molar-refractivity contribution in [3.63, 3.8) is 0 Å². The van der Waals surface area contributed by atoms with E-state index in [-0.39, 0.29) is 42.4 Å². The van der Waals surface area contributed by atoms with Crippen molar-refractivity contribution in [2.45, 2.75) is 43.7 Å². The summed E-state index contributed by atoms with van der Waals surface area (Å²) in [4.78, 5) is 36.2. The molecule has 3 N–H and O–H groups in total. The molecule has 4 unspecified atom stereocenters. The van der Waals surface area contributed by atoms with E-state index in [1.54, 1.807) is 6.08 Å². The molecule has 4 atom stereocenters. The first-order chi connectivity index (χ1) is 16.5. The van der Waals surface area contributed by atoms with Gasteiger partial charge in [-0.05, 0) is 47.9 Å². The van der Waals surface area contributed by atoms with E-state index in [0.717, 1.165) is 11.1 Å². The smallest absolute Gasteiger partial charge is 0.407 e. The minimum absolute atomic E-state index is 0.00293. The molecule has 5 rings (SSSR count). The second-order valence-electron chi connectivity index (χ2n) is 9.36. The van der Waals surface area contributed by atoms with Crippen LogP contribution in [0.15, 0.2) is 60.7 Å². The lowest BCUT2D eigenvalue weighted by Crippen LogP contribution is -2.39. The van der Waals surface area contributed by atoms with Crippen LogP contribution in [0.2, 0.25) is 0 Å². The Hall–Kier alpha value is -3.61. The van der Waals surface area contributed by atoms with Crippen LogP contribution in [0.5, 0.6) is 0 Å². The molecular weight excluding hydrogens is 432 g/mol. The van der Waals surface area contributed by atoms with E-state index in [0.29, 0.717) is 25.7 Å². The number of hydrogen-bond acceptors (Lipinski definition) is 4. The highest BCUT2D eigenvalue weighted by molar-refractivity contribution is 5.82. The van der Waals surface area contributed by atoms with Crippen LogP contribution in [0.1, 0.15) is 42.7 Å². The second kappa shape index (κ2) is 9.33. The van der Waals surface area contributed by atoms with Gasteiger partial charge in [0.1, 0.15) is 6.61 Å². The maximum Gasteiger partial charge on any atom is 0.407 e. The Morgan fingerprint density at radius 1 is 0.882 bits per heavy atom. The van der Waals surface area contributed by atoms with E-state index >= 15 is 0 Å². The van der Waals surface area contributed by atoms with Gasteiger partial charge in [-0.2, -0.15) is 0 Å². The first-order valence-corrected chi connectivity index (χ1v) is 11.8. The quantitative estimate of drug-likeness (QED) is 0.568. The topological polar surface area (TPSA) is 105 Å². The van der Waals surface area contributed by atoms with Crippen molar-refractivity contribution in [3.05, 3.63) is 71.8 Å². The van der Waals surface area contributed by atoms with Gasteiger partial charge in [0.2, 0.25) is 5.91 Å². The van der Waals surface area contributed by atoms with Gasteiger partial charge in [-0.15, -0.1) is 0 Å². The molecule has 1 saturated carbocycles. The molecule has 2 aromatic carbocycles. The molecule has 0 bridgehead atoms. The van der Waals surface area contributed by atoms with Gasteiger partial charge in [-0.3, -0.25) is 9.59 Å². The Morgan fingerprint density at radius 2 is 1.56 bits per heavy atom. The van der Waals surface area contributed by atoms with Crippen LogP contribution in [0, 0.1) is 11.8 Å². The van der Waals surface area contributed by atoms with Crippen LogP contribution in [-0.2, 0) is 14.3 Å². The van der Waals surface area contributed by atoms with Crippen molar-refractivity contribution in [2.24, 2.45) is 11.8 Å². The standard InChI is InChI=1S/C27H28N2O5/c30-25(28-18-12-10-17(14-18)26(31)32)16-9-11-19(13-16)29-27(33)34-15-24-22-7-3-1-5-20(22)21-6-2-4-8-23(21)24/h1-9,11,16-19,24H,10,12-15H2,(H,28,30)(H,29,33)(H,31,32). The summed E-state index contributed by atoms with van der Waals surface area (Å²) in [6.45, 7) is 0.243. The Balaban J connectivity index is 1.11. The number of carbonyl (C=O) groups excluding carboxylic acids is 2. The molecule has 176 valence electrons. The zero-order valence-electron chi connectivity index (χ0n) is 18.8. The lowest BCUT2D eigenvalue weighted by molar-refractivity contribution is -0.141. The number of carbonyl (C=O) groups is 3. The summed E-state index contributed by atoms with van der Waals surface area (Å²) < 4.78 is 5.60. The summed E-state index contributed by atoms with van der Waals surface area (Å²) in [6.07, 6.45) is 5.32. The highest BCUT2D eigenvalue weighted by Crippen LogP contribution is 2.44. The molecule has 34 heavy (non-hydrogen) atoms. The first-order valence-electron chi connectivity index (χ1n) is 11.8. The van der Waals surface area contributed by atoms with E-state index in [4.69, 9.17) is 9.84 Å². The van der Waals surface area contributed by atoms with E-state index in [9.17, 15) is 14.4 Å². The van der Waals surface area contributed by atoms with Crippen molar-refractivity contribution >= 4 is 18.0 Å². The molecule has 7 nitrogen and oxygen atoms in total. The number of alkyl carbamates (subject to hydrolysis) is 1. The van der Waals surface area contributed by atoms with Gasteiger partial charge in [-0.1, -0.05) is 60.7 Å². The Kier molecular flexibility index (Phi) is 6.09. The monoisotopic (exact) mass is 460 g/mol. The van der Waals surface area contributed by atoms with Crippen LogP contribution in [-0.4, -0.2) is 41.8 Å². The van der Waals surface area contributed by atoms with Gasteiger partial charge in [-0.25, -0.2) is 4.79 Å². The fourth-order valence-corrected chi connectivity index (χ4v) is 5.44. The van der Waals surface area contributed by atoms with E-state index in [1.165, 1.54) is 11.1 Å². The number of nitrogens with one attached hydrogen (secondary N) is 2. The number of benzene rings is 2. The highest BCUT2D eigenvalue weighted by Gasteiger charge is 2.34. The predicted octanol–water partition coefficient (Wildman–Crippen LogP) is 3.84. The maximum absolute atomic E-state index is 12.6. The molecule has 3 aliphatic carbocycles. The summed E-state index contributed by atoms with van der Waals surface area (Å²) in [5, 5.41) is 14.9. The molecule has 3 aliphatic rings. The molecular formula is C27H28N2O5. The van der Waals surface area contributed by atoms with Gasteiger partial charge in [0, 0.05) is 12.0 Å². The lowest BCUT2D eigenvalue weighted by Gasteiger charge is -2.18.